The Morgan fingerprint density at radius 1 is 0.875 bits per heavy atom. The van der Waals surface area contributed by atoms with Crippen molar-refractivity contribution in [3.8, 4) is 0 Å². The zero-order valence-corrected chi connectivity index (χ0v) is 17.8. The van der Waals surface area contributed by atoms with Crippen LogP contribution in [0.15, 0.2) is 78.5 Å². The first kappa shape index (κ1) is 20.2. The number of benzene rings is 3. The summed E-state index contributed by atoms with van der Waals surface area (Å²) < 4.78 is 13.4. The number of amides is 2. The fraction of sp³-hybridized carbons (Fsp3) is 0.185. The van der Waals surface area contributed by atoms with Crippen LogP contribution >= 0.6 is 0 Å². The Labute approximate surface area is 186 Å². The van der Waals surface area contributed by atoms with Gasteiger partial charge >= 0.3 is 0 Å². The van der Waals surface area contributed by atoms with Gasteiger partial charge in [0.15, 0.2) is 0 Å². The number of carbonyl (C=O) groups is 2. The number of imide groups is 1. The van der Waals surface area contributed by atoms with Gasteiger partial charge < -0.3 is 4.90 Å². The van der Waals surface area contributed by atoms with E-state index in [9.17, 15) is 14.0 Å². The summed E-state index contributed by atoms with van der Waals surface area (Å²) in [6.07, 6.45) is 1.85. The monoisotopic (exact) mass is 426 g/mol. The van der Waals surface area contributed by atoms with Crippen molar-refractivity contribution < 1.29 is 14.0 Å². The summed E-state index contributed by atoms with van der Waals surface area (Å²) in [4.78, 5) is 30.5. The SMILES string of the molecule is Cc1ccc(C2=C(N3CCCc4ccccc43)C(=O)N(Cc3ccc(F)cc3)C2=O)cc1. The minimum Gasteiger partial charge on any atom is -0.336 e. The Kier molecular flexibility index (Phi) is 5.10. The van der Waals surface area contributed by atoms with Gasteiger partial charge in [-0.2, -0.15) is 0 Å². The molecular weight excluding hydrogens is 403 g/mol. The molecular formula is C27H23FN2O2. The number of fused-ring (bicyclic) bond motifs is 1. The normalized spacial score (nSPS) is 16.1. The van der Waals surface area contributed by atoms with Crippen LogP contribution in [0.25, 0.3) is 5.57 Å². The molecule has 0 bridgehead atoms. The van der Waals surface area contributed by atoms with Crippen LogP contribution in [0.2, 0.25) is 0 Å². The van der Waals surface area contributed by atoms with Crippen molar-refractivity contribution in [2.75, 3.05) is 11.4 Å². The van der Waals surface area contributed by atoms with E-state index in [1.54, 1.807) is 12.1 Å². The molecule has 0 spiro atoms. The predicted octanol–water partition coefficient (Wildman–Crippen LogP) is 4.87. The first-order chi connectivity index (χ1) is 15.5. The van der Waals surface area contributed by atoms with Crippen molar-refractivity contribution in [2.24, 2.45) is 0 Å². The van der Waals surface area contributed by atoms with Crippen molar-refractivity contribution >= 4 is 23.1 Å². The summed E-state index contributed by atoms with van der Waals surface area (Å²) in [5, 5.41) is 0. The van der Waals surface area contributed by atoms with Crippen molar-refractivity contribution in [1.29, 1.82) is 0 Å². The summed E-state index contributed by atoms with van der Waals surface area (Å²) in [5.74, 6) is -0.982. The Morgan fingerprint density at radius 2 is 1.59 bits per heavy atom. The molecule has 0 aromatic heterocycles. The molecule has 4 nitrogen and oxygen atoms in total. The number of hydrogen-bond acceptors (Lipinski definition) is 3. The maximum atomic E-state index is 13.7. The summed E-state index contributed by atoms with van der Waals surface area (Å²) >= 11 is 0. The lowest BCUT2D eigenvalue weighted by Gasteiger charge is -2.32. The van der Waals surface area contributed by atoms with Crippen LogP contribution in [-0.2, 0) is 22.6 Å². The van der Waals surface area contributed by atoms with Crippen molar-refractivity contribution in [3.63, 3.8) is 0 Å². The second-order valence-electron chi connectivity index (χ2n) is 8.30. The van der Waals surface area contributed by atoms with Gasteiger partial charge in [-0.05, 0) is 54.7 Å². The van der Waals surface area contributed by atoms with Gasteiger partial charge in [-0.1, -0.05) is 60.2 Å². The molecule has 0 N–H and O–H groups in total. The summed E-state index contributed by atoms with van der Waals surface area (Å²) in [6.45, 7) is 2.76. The largest absolute Gasteiger partial charge is 0.336 e. The molecule has 2 aliphatic rings. The van der Waals surface area contributed by atoms with Crippen molar-refractivity contribution in [3.05, 3.63) is 107 Å². The third-order valence-electron chi connectivity index (χ3n) is 6.12. The minimum atomic E-state index is -0.350. The smallest absolute Gasteiger partial charge is 0.278 e. The molecule has 3 aromatic rings. The van der Waals surface area contributed by atoms with E-state index in [1.807, 2.05) is 54.3 Å². The number of anilines is 1. The summed E-state index contributed by atoms with van der Waals surface area (Å²) in [6, 6.07) is 21.6. The number of nitrogens with zero attached hydrogens (tertiary/aromatic N) is 2. The molecule has 32 heavy (non-hydrogen) atoms. The Hall–Kier alpha value is -3.73. The van der Waals surface area contributed by atoms with E-state index in [0.29, 0.717) is 23.4 Å². The second-order valence-corrected chi connectivity index (χ2v) is 8.30. The topological polar surface area (TPSA) is 40.6 Å². The van der Waals surface area contributed by atoms with Crippen LogP contribution in [0.5, 0.6) is 0 Å². The fourth-order valence-electron chi connectivity index (χ4n) is 4.48. The van der Waals surface area contributed by atoms with Gasteiger partial charge in [-0.25, -0.2) is 4.39 Å². The Morgan fingerprint density at radius 3 is 2.34 bits per heavy atom. The molecule has 3 aromatic carbocycles. The van der Waals surface area contributed by atoms with Gasteiger partial charge in [-0.15, -0.1) is 0 Å². The Balaban J connectivity index is 1.61. The van der Waals surface area contributed by atoms with Crippen LogP contribution < -0.4 is 4.90 Å². The van der Waals surface area contributed by atoms with E-state index in [0.717, 1.165) is 29.7 Å². The molecule has 0 fully saturated rings. The van der Waals surface area contributed by atoms with Crippen LogP contribution in [-0.4, -0.2) is 23.3 Å². The number of carbonyl (C=O) groups excluding carboxylic acids is 2. The third kappa shape index (κ3) is 3.50. The van der Waals surface area contributed by atoms with Crippen molar-refractivity contribution in [1.82, 2.24) is 4.90 Å². The van der Waals surface area contributed by atoms with Crippen LogP contribution in [0, 0.1) is 12.7 Å². The van der Waals surface area contributed by atoms with Gasteiger partial charge in [0.25, 0.3) is 11.8 Å². The van der Waals surface area contributed by atoms with Gasteiger partial charge in [0.05, 0.1) is 12.1 Å². The van der Waals surface area contributed by atoms with E-state index in [4.69, 9.17) is 0 Å². The van der Waals surface area contributed by atoms with Crippen molar-refractivity contribution in [2.45, 2.75) is 26.3 Å². The molecule has 0 radical (unpaired) electrons. The number of hydrogen-bond donors (Lipinski definition) is 0. The van der Waals surface area contributed by atoms with E-state index in [1.165, 1.54) is 22.6 Å². The van der Waals surface area contributed by atoms with Crippen LogP contribution in [0.1, 0.15) is 28.7 Å². The van der Waals surface area contributed by atoms with E-state index in [-0.39, 0.29) is 24.2 Å². The standard InChI is InChI=1S/C27H23FN2O2/c1-18-8-12-21(13-9-18)24-25(29-16-4-6-20-5-2-3-7-23(20)29)27(32)30(26(24)31)17-19-10-14-22(28)15-11-19/h2-3,5,7-15H,4,6,16-17H2,1H3. The molecule has 0 aliphatic carbocycles. The average Bonchev–Trinajstić information content (AvgIpc) is 3.05. The molecule has 5 rings (SSSR count). The fourth-order valence-corrected chi connectivity index (χ4v) is 4.48. The second kappa shape index (κ2) is 8.08. The van der Waals surface area contributed by atoms with Crippen LogP contribution in [0.3, 0.4) is 0 Å². The van der Waals surface area contributed by atoms with Gasteiger partial charge in [0.1, 0.15) is 11.5 Å². The molecule has 0 saturated heterocycles. The highest BCUT2D eigenvalue weighted by Crippen LogP contribution is 2.38. The minimum absolute atomic E-state index is 0.103. The maximum absolute atomic E-state index is 13.7. The van der Waals surface area contributed by atoms with E-state index in [2.05, 4.69) is 6.07 Å². The van der Waals surface area contributed by atoms with Gasteiger partial charge in [0, 0.05) is 12.2 Å². The van der Waals surface area contributed by atoms with E-state index >= 15 is 0 Å². The maximum Gasteiger partial charge on any atom is 0.278 e. The zero-order chi connectivity index (χ0) is 22.2. The van der Waals surface area contributed by atoms with Crippen LogP contribution in [0.4, 0.5) is 10.1 Å². The number of rotatable bonds is 4. The lowest BCUT2D eigenvalue weighted by atomic mass is 9.98. The third-order valence-corrected chi connectivity index (χ3v) is 6.12. The molecule has 2 aliphatic heterocycles. The lowest BCUT2D eigenvalue weighted by Crippen LogP contribution is -2.36. The highest BCUT2D eigenvalue weighted by Gasteiger charge is 2.42. The quantitative estimate of drug-likeness (QED) is 0.559. The number of halogens is 1. The molecule has 0 atom stereocenters. The molecule has 2 amide bonds. The first-order valence-corrected chi connectivity index (χ1v) is 10.8. The van der Waals surface area contributed by atoms with Gasteiger partial charge in [0.2, 0.25) is 0 Å². The zero-order valence-electron chi connectivity index (χ0n) is 17.8. The molecule has 0 saturated carbocycles. The molecule has 160 valence electrons. The predicted molar refractivity (Wildman–Crippen MR) is 122 cm³/mol. The summed E-state index contributed by atoms with van der Waals surface area (Å²) in [5.41, 5.74) is 5.52. The average molecular weight is 426 g/mol. The molecule has 2 heterocycles. The summed E-state index contributed by atoms with van der Waals surface area (Å²) in [7, 11) is 0. The number of para-hydroxylation sites is 1. The highest BCUT2D eigenvalue weighted by molar-refractivity contribution is 6.36. The number of aryl methyl sites for hydroxylation is 2. The molecule has 5 heteroatoms. The lowest BCUT2D eigenvalue weighted by molar-refractivity contribution is -0.137. The van der Waals surface area contributed by atoms with E-state index < -0.39 is 0 Å². The highest BCUT2D eigenvalue weighted by atomic mass is 19.1. The Bertz CT molecular complexity index is 1230. The van der Waals surface area contributed by atoms with Gasteiger partial charge in [-0.3, -0.25) is 14.5 Å². The molecule has 0 unspecified atom stereocenters. The first-order valence-electron chi connectivity index (χ1n) is 10.8.